The Bertz CT molecular complexity index is 673. The van der Waals surface area contributed by atoms with Crippen molar-refractivity contribution >= 4 is 11.8 Å². The number of piperidine rings is 1. The summed E-state index contributed by atoms with van der Waals surface area (Å²) >= 11 is 0. The molecule has 2 aliphatic heterocycles. The van der Waals surface area contributed by atoms with Gasteiger partial charge in [-0.25, -0.2) is 0 Å². The second kappa shape index (κ2) is 10.7. The maximum absolute atomic E-state index is 12.9. The molecular weight excluding hydrogens is 368 g/mol. The summed E-state index contributed by atoms with van der Waals surface area (Å²) in [4.78, 5) is 35.7. The smallest absolute Gasteiger partial charge is 0.227 e. The van der Waals surface area contributed by atoms with Crippen molar-refractivity contribution < 1.29 is 14.3 Å². The first kappa shape index (κ1) is 21.7. The summed E-state index contributed by atoms with van der Waals surface area (Å²) in [6.45, 7) is 8.36. The molecule has 0 N–H and O–H groups in total. The summed E-state index contributed by atoms with van der Waals surface area (Å²) in [7, 11) is 1.83. The minimum Gasteiger partial charge on any atom is -0.379 e. The van der Waals surface area contributed by atoms with E-state index in [9.17, 15) is 9.59 Å². The Labute approximate surface area is 174 Å². The predicted molar refractivity (Wildman–Crippen MR) is 111 cm³/mol. The summed E-state index contributed by atoms with van der Waals surface area (Å²) in [5.41, 5.74) is 2.09. The van der Waals surface area contributed by atoms with Gasteiger partial charge in [-0.3, -0.25) is 19.5 Å². The van der Waals surface area contributed by atoms with Crippen molar-refractivity contribution in [3.05, 3.63) is 29.6 Å². The van der Waals surface area contributed by atoms with Gasteiger partial charge in [0.25, 0.3) is 0 Å². The molecule has 1 atom stereocenters. The van der Waals surface area contributed by atoms with Crippen molar-refractivity contribution in [3.63, 3.8) is 0 Å². The third kappa shape index (κ3) is 6.24. The fraction of sp³-hybridized carbons (Fsp3) is 0.682. The number of morpholine rings is 1. The van der Waals surface area contributed by atoms with Crippen LogP contribution in [-0.2, 0) is 27.3 Å². The van der Waals surface area contributed by atoms with Crippen LogP contribution in [0.5, 0.6) is 0 Å². The standard InChI is InChI=1S/C22H34N4O3/c1-3-18-5-7-20(23-15-18)17-24(2)22(28)19-6-8-21(27)26(16-19)10-4-9-25-11-13-29-14-12-25/h5,7,15,19H,3-4,6,8-14,16-17H2,1-2H3/t19-/m1/s1. The van der Waals surface area contributed by atoms with E-state index in [4.69, 9.17) is 4.74 Å². The summed E-state index contributed by atoms with van der Waals surface area (Å²) in [5, 5.41) is 0. The molecular formula is C22H34N4O3. The van der Waals surface area contributed by atoms with Gasteiger partial charge < -0.3 is 14.5 Å². The summed E-state index contributed by atoms with van der Waals surface area (Å²) < 4.78 is 5.38. The molecule has 160 valence electrons. The van der Waals surface area contributed by atoms with Gasteiger partial charge in [0.05, 0.1) is 31.4 Å². The van der Waals surface area contributed by atoms with Crippen molar-refractivity contribution in [1.82, 2.24) is 19.7 Å². The van der Waals surface area contributed by atoms with Crippen molar-refractivity contribution in [1.29, 1.82) is 0 Å². The monoisotopic (exact) mass is 402 g/mol. The average molecular weight is 403 g/mol. The molecule has 29 heavy (non-hydrogen) atoms. The van der Waals surface area contributed by atoms with E-state index in [1.54, 1.807) is 4.90 Å². The van der Waals surface area contributed by atoms with Gasteiger partial charge in [-0.05, 0) is 30.9 Å². The quantitative estimate of drug-likeness (QED) is 0.660. The highest BCUT2D eigenvalue weighted by Gasteiger charge is 2.31. The fourth-order valence-corrected chi connectivity index (χ4v) is 4.03. The van der Waals surface area contributed by atoms with Gasteiger partial charge in [0.15, 0.2) is 0 Å². The number of nitrogens with zero attached hydrogens (tertiary/aromatic N) is 4. The van der Waals surface area contributed by atoms with E-state index in [1.165, 1.54) is 5.56 Å². The molecule has 2 aliphatic rings. The van der Waals surface area contributed by atoms with Gasteiger partial charge in [0, 0.05) is 52.4 Å². The second-order valence-corrected chi connectivity index (χ2v) is 8.09. The molecule has 1 aromatic heterocycles. The van der Waals surface area contributed by atoms with Crippen molar-refractivity contribution in [2.75, 3.05) is 53.0 Å². The highest BCUT2D eigenvalue weighted by atomic mass is 16.5. The normalized spacial score (nSPS) is 20.7. The zero-order valence-corrected chi connectivity index (χ0v) is 17.8. The van der Waals surface area contributed by atoms with Crippen molar-refractivity contribution in [2.24, 2.45) is 5.92 Å². The number of rotatable bonds is 8. The number of carbonyl (C=O) groups is 2. The molecule has 0 aliphatic carbocycles. The summed E-state index contributed by atoms with van der Waals surface area (Å²) in [6.07, 6.45) is 4.88. The minimum absolute atomic E-state index is 0.108. The molecule has 3 heterocycles. The highest BCUT2D eigenvalue weighted by Crippen LogP contribution is 2.20. The first-order valence-electron chi connectivity index (χ1n) is 10.8. The van der Waals surface area contributed by atoms with Gasteiger partial charge in [-0.2, -0.15) is 0 Å². The number of amides is 2. The maximum atomic E-state index is 12.9. The van der Waals surface area contributed by atoms with Gasteiger partial charge in [-0.15, -0.1) is 0 Å². The molecule has 0 bridgehead atoms. The number of hydrogen-bond donors (Lipinski definition) is 0. The van der Waals surface area contributed by atoms with Crippen LogP contribution in [0.25, 0.3) is 0 Å². The third-order valence-corrected chi connectivity index (χ3v) is 5.93. The van der Waals surface area contributed by atoms with Crippen LogP contribution < -0.4 is 0 Å². The topological polar surface area (TPSA) is 66.0 Å². The molecule has 7 nitrogen and oxygen atoms in total. The molecule has 2 saturated heterocycles. The Morgan fingerprint density at radius 1 is 1.28 bits per heavy atom. The molecule has 2 amide bonds. The molecule has 0 unspecified atom stereocenters. The SMILES string of the molecule is CCc1ccc(CN(C)C(=O)[C@@H]2CCC(=O)N(CCCN3CCOCC3)C2)nc1. The summed E-state index contributed by atoms with van der Waals surface area (Å²) in [6, 6.07) is 4.06. The number of pyridine rings is 1. The maximum Gasteiger partial charge on any atom is 0.227 e. The van der Waals surface area contributed by atoms with Gasteiger partial charge in [-0.1, -0.05) is 13.0 Å². The lowest BCUT2D eigenvalue weighted by Gasteiger charge is -2.34. The van der Waals surface area contributed by atoms with Crippen LogP contribution in [0.3, 0.4) is 0 Å². The molecule has 1 aromatic rings. The lowest BCUT2D eigenvalue weighted by Crippen LogP contribution is -2.47. The van der Waals surface area contributed by atoms with Crippen molar-refractivity contribution in [2.45, 2.75) is 39.2 Å². The van der Waals surface area contributed by atoms with Crippen LogP contribution >= 0.6 is 0 Å². The number of hydrogen-bond acceptors (Lipinski definition) is 5. The minimum atomic E-state index is -0.115. The van der Waals surface area contributed by atoms with E-state index in [1.807, 2.05) is 24.2 Å². The van der Waals surface area contributed by atoms with Crippen LogP contribution in [0, 0.1) is 5.92 Å². The third-order valence-electron chi connectivity index (χ3n) is 5.93. The van der Waals surface area contributed by atoms with Crippen LogP contribution in [0.15, 0.2) is 18.3 Å². The van der Waals surface area contributed by atoms with Gasteiger partial charge in [0.2, 0.25) is 11.8 Å². The molecule has 0 saturated carbocycles. The second-order valence-electron chi connectivity index (χ2n) is 8.09. The number of ether oxygens (including phenoxy) is 1. The number of aromatic nitrogens is 1. The average Bonchev–Trinajstić information content (AvgIpc) is 2.76. The molecule has 7 heteroatoms. The lowest BCUT2D eigenvalue weighted by atomic mass is 9.96. The Hall–Kier alpha value is -1.99. The van der Waals surface area contributed by atoms with E-state index >= 15 is 0 Å². The van der Waals surface area contributed by atoms with E-state index < -0.39 is 0 Å². The lowest BCUT2D eigenvalue weighted by molar-refractivity contribution is -0.142. The van der Waals surface area contributed by atoms with Crippen LogP contribution in [0.4, 0.5) is 0 Å². The predicted octanol–water partition coefficient (Wildman–Crippen LogP) is 1.56. The highest BCUT2D eigenvalue weighted by molar-refractivity contribution is 5.83. The number of carbonyl (C=O) groups excluding carboxylic acids is 2. The Balaban J connectivity index is 1.47. The molecule has 0 radical (unpaired) electrons. The zero-order valence-electron chi connectivity index (χ0n) is 17.8. The first-order valence-corrected chi connectivity index (χ1v) is 10.8. The zero-order chi connectivity index (χ0) is 20.6. The number of aryl methyl sites for hydroxylation is 1. The van der Waals surface area contributed by atoms with E-state index in [0.29, 0.717) is 25.9 Å². The number of likely N-dealkylation sites (tertiary alicyclic amines) is 1. The van der Waals surface area contributed by atoms with Crippen molar-refractivity contribution in [3.8, 4) is 0 Å². The Morgan fingerprint density at radius 3 is 2.76 bits per heavy atom. The molecule has 0 aromatic carbocycles. The van der Waals surface area contributed by atoms with Gasteiger partial charge in [0.1, 0.15) is 0 Å². The molecule has 2 fully saturated rings. The fourth-order valence-electron chi connectivity index (χ4n) is 4.03. The first-order chi connectivity index (χ1) is 14.1. The van der Waals surface area contributed by atoms with E-state index in [0.717, 1.165) is 57.9 Å². The Morgan fingerprint density at radius 2 is 2.07 bits per heavy atom. The molecule has 0 spiro atoms. The van der Waals surface area contributed by atoms with E-state index in [-0.39, 0.29) is 17.7 Å². The Kier molecular flexibility index (Phi) is 8.00. The van der Waals surface area contributed by atoms with E-state index in [2.05, 4.69) is 22.9 Å². The van der Waals surface area contributed by atoms with Gasteiger partial charge >= 0.3 is 0 Å². The molecule has 3 rings (SSSR count). The summed E-state index contributed by atoms with van der Waals surface area (Å²) in [5.74, 6) is 0.170. The largest absolute Gasteiger partial charge is 0.379 e. The van der Waals surface area contributed by atoms with Crippen LogP contribution in [0.2, 0.25) is 0 Å². The van der Waals surface area contributed by atoms with Crippen LogP contribution in [-0.4, -0.2) is 84.5 Å². The van der Waals surface area contributed by atoms with Crippen LogP contribution in [0.1, 0.15) is 37.4 Å².